The van der Waals surface area contributed by atoms with Gasteiger partial charge in [-0.05, 0) is 57.2 Å². The number of anilines is 2. The Kier molecular flexibility index (Phi) is 3.93. The molecular weight excluding hydrogens is 338 g/mol. The van der Waals surface area contributed by atoms with Gasteiger partial charge in [0.2, 0.25) is 0 Å². The van der Waals surface area contributed by atoms with E-state index >= 15 is 0 Å². The molecule has 2 amide bonds. The predicted molar refractivity (Wildman–Crippen MR) is 86.5 cm³/mol. The summed E-state index contributed by atoms with van der Waals surface area (Å²) < 4.78 is 1.14. The van der Waals surface area contributed by atoms with E-state index in [1.807, 2.05) is 24.3 Å². The van der Waals surface area contributed by atoms with Crippen molar-refractivity contribution in [3.8, 4) is 0 Å². The van der Waals surface area contributed by atoms with Crippen LogP contribution in [0.25, 0.3) is 0 Å². The van der Waals surface area contributed by atoms with E-state index in [1.165, 1.54) is 5.56 Å². The standard InChI is InChI=1S/C14H14BrN3OS/c15-13-7-10(9-20-13)8-17-11-1-3-12(4-2-11)18-6-5-16-14(18)19/h1-4,7,9,17H,5-6,8H2,(H,16,19). The lowest BCUT2D eigenvalue weighted by atomic mass is 10.2. The summed E-state index contributed by atoms with van der Waals surface area (Å²) in [6, 6.07) is 10.0. The SMILES string of the molecule is O=C1NCCN1c1ccc(NCc2csc(Br)c2)cc1. The fraction of sp³-hybridized carbons (Fsp3) is 0.214. The molecule has 20 heavy (non-hydrogen) atoms. The van der Waals surface area contributed by atoms with Crippen molar-refractivity contribution in [1.82, 2.24) is 5.32 Å². The van der Waals surface area contributed by atoms with Crippen LogP contribution in [0.1, 0.15) is 5.56 Å². The number of thiophene rings is 1. The van der Waals surface area contributed by atoms with Crippen molar-refractivity contribution in [1.29, 1.82) is 0 Å². The van der Waals surface area contributed by atoms with Crippen LogP contribution in [0.5, 0.6) is 0 Å². The van der Waals surface area contributed by atoms with Gasteiger partial charge in [0.25, 0.3) is 0 Å². The zero-order valence-corrected chi connectivity index (χ0v) is 13.1. The van der Waals surface area contributed by atoms with Crippen LogP contribution >= 0.6 is 27.3 Å². The molecule has 1 aromatic carbocycles. The number of rotatable bonds is 4. The number of amides is 2. The Balaban J connectivity index is 1.62. The molecule has 1 aliphatic heterocycles. The largest absolute Gasteiger partial charge is 0.381 e. The molecule has 2 N–H and O–H groups in total. The van der Waals surface area contributed by atoms with Crippen LogP contribution in [0, 0.1) is 0 Å². The summed E-state index contributed by atoms with van der Waals surface area (Å²) in [5.41, 5.74) is 3.24. The second kappa shape index (κ2) is 5.85. The van der Waals surface area contributed by atoms with E-state index in [4.69, 9.17) is 0 Å². The molecule has 0 radical (unpaired) electrons. The minimum Gasteiger partial charge on any atom is -0.381 e. The van der Waals surface area contributed by atoms with Gasteiger partial charge in [-0.25, -0.2) is 4.79 Å². The number of nitrogens with one attached hydrogen (secondary N) is 2. The molecular formula is C14H14BrN3OS. The van der Waals surface area contributed by atoms with Crippen LogP contribution in [0.4, 0.5) is 16.2 Å². The number of urea groups is 1. The van der Waals surface area contributed by atoms with E-state index in [-0.39, 0.29) is 6.03 Å². The van der Waals surface area contributed by atoms with Crippen molar-refractivity contribution in [2.24, 2.45) is 0 Å². The topological polar surface area (TPSA) is 44.4 Å². The van der Waals surface area contributed by atoms with Gasteiger partial charge >= 0.3 is 6.03 Å². The highest BCUT2D eigenvalue weighted by Crippen LogP contribution is 2.23. The summed E-state index contributed by atoms with van der Waals surface area (Å²) in [5, 5.41) is 8.29. The fourth-order valence-corrected chi connectivity index (χ4v) is 3.33. The Morgan fingerprint density at radius 2 is 2.15 bits per heavy atom. The third kappa shape index (κ3) is 2.96. The minimum atomic E-state index is -0.0196. The Labute approximate surface area is 129 Å². The lowest BCUT2D eigenvalue weighted by Gasteiger charge is -2.14. The lowest BCUT2D eigenvalue weighted by molar-refractivity contribution is 0.252. The number of hydrogen-bond acceptors (Lipinski definition) is 3. The Bertz CT molecular complexity index is 611. The molecule has 1 aliphatic rings. The highest BCUT2D eigenvalue weighted by atomic mass is 79.9. The zero-order valence-electron chi connectivity index (χ0n) is 10.7. The van der Waals surface area contributed by atoms with Crippen molar-refractivity contribution in [2.75, 3.05) is 23.3 Å². The molecule has 2 aromatic rings. The molecule has 3 rings (SSSR count). The van der Waals surface area contributed by atoms with Crippen LogP contribution in [0.2, 0.25) is 0 Å². The van der Waals surface area contributed by atoms with Crippen LogP contribution in [-0.2, 0) is 6.54 Å². The van der Waals surface area contributed by atoms with E-state index < -0.39 is 0 Å². The molecule has 1 saturated heterocycles. The number of carbonyl (C=O) groups excluding carboxylic acids is 1. The summed E-state index contributed by atoms with van der Waals surface area (Å²) in [6.45, 7) is 2.24. The van der Waals surface area contributed by atoms with Crippen LogP contribution in [-0.4, -0.2) is 19.1 Å². The highest BCUT2D eigenvalue weighted by Gasteiger charge is 2.20. The number of halogens is 1. The molecule has 6 heteroatoms. The molecule has 0 unspecified atom stereocenters. The van der Waals surface area contributed by atoms with E-state index in [2.05, 4.69) is 38.0 Å². The average molecular weight is 352 g/mol. The normalized spacial score (nSPS) is 14.4. The fourth-order valence-electron chi connectivity index (χ4n) is 2.12. The Morgan fingerprint density at radius 3 is 2.75 bits per heavy atom. The highest BCUT2D eigenvalue weighted by molar-refractivity contribution is 9.11. The predicted octanol–water partition coefficient (Wildman–Crippen LogP) is 3.65. The first kappa shape index (κ1) is 13.5. The van der Waals surface area contributed by atoms with Gasteiger partial charge in [0.15, 0.2) is 0 Å². The van der Waals surface area contributed by atoms with Crippen LogP contribution in [0.15, 0.2) is 39.5 Å². The number of nitrogens with zero attached hydrogens (tertiary/aromatic N) is 1. The molecule has 0 spiro atoms. The summed E-state index contributed by atoms with van der Waals surface area (Å²) >= 11 is 5.14. The van der Waals surface area contributed by atoms with Gasteiger partial charge in [0, 0.05) is 31.0 Å². The van der Waals surface area contributed by atoms with Gasteiger partial charge in [-0.3, -0.25) is 4.90 Å². The molecule has 0 bridgehead atoms. The van der Waals surface area contributed by atoms with Crippen molar-refractivity contribution in [2.45, 2.75) is 6.54 Å². The van der Waals surface area contributed by atoms with E-state index in [1.54, 1.807) is 16.2 Å². The first-order valence-corrected chi connectivity index (χ1v) is 8.02. The lowest BCUT2D eigenvalue weighted by Crippen LogP contribution is -2.27. The van der Waals surface area contributed by atoms with Gasteiger partial charge in [0.1, 0.15) is 0 Å². The molecule has 2 heterocycles. The molecule has 1 aromatic heterocycles. The third-order valence-corrected chi connectivity index (χ3v) is 4.71. The van der Waals surface area contributed by atoms with E-state index in [0.29, 0.717) is 6.54 Å². The molecule has 104 valence electrons. The molecule has 4 nitrogen and oxygen atoms in total. The van der Waals surface area contributed by atoms with Gasteiger partial charge in [-0.1, -0.05) is 0 Å². The minimum absolute atomic E-state index is 0.0196. The van der Waals surface area contributed by atoms with Crippen molar-refractivity contribution in [3.63, 3.8) is 0 Å². The monoisotopic (exact) mass is 351 g/mol. The quantitative estimate of drug-likeness (QED) is 0.882. The van der Waals surface area contributed by atoms with E-state index in [0.717, 1.165) is 28.3 Å². The number of hydrogen-bond donors (Lipinski definition) is 2. The van der Waals surface area contributed by atoms with Crippen molar-refractivity contribution < 1.29 is 4.79 Å². The maximum atomic E-state index is 11.6. The number of benzene rings is 1. The van der Waals surface area contributed by atoms with Gasteiger partial charge in [-0.2, -0.15) is 0 Å². The zero-order chi connectivity index (χ0) is 13.9. The second-order valence-electron chi connectivity index (χ2n) is 4.54. The summed E-state index contributed by atoms with van der Waals surface area (Å²) in [7, 11) is 0. The third-order valence-electron chi connectivity index (χ3n) is 3.15. The molecule has 0 saturated carbocycles. The van der Waals surface area contributed by atoms with Gasteiger partial charge in [-0.15, -0.1) is 11.3 Å². The average Bonchev–Trinajstić information content (AvgIpc) is 3.06. The number of carbonyl (C=O) groups is 1. The second-order valence-corrected chi connectivity index (χ2v) is 6.83. The van der Waals surface area contributed by atoms with Gasteiger partial charge < -0.3 is 10.6 Å². The Hall–Kier alpha value is -1.53. The summed E-state index contributed by atoms with van der Waals surface area (Å²) in [5.74, 6) is 0. The molecule has 0 atom stereocenters. The first-order chi connectivity index (χ1) is 9.72. The van der Waals surface area contributed by atoms with Gasteiger partial charge in [0.05, 0.1) is 3.79 Å². The summed E-state index contributed by atoms with van der Waals surface area (Å²) in [6.07, 6.45) is 0. The maximum absolute atomic E-state index is 11.6. The Morgan fingerprint density at radius 1 is 1.35 bits per heavy atom. The van der Waals surface area contributed by atoms with Crippen molar-refractivity contribution in [3.05, 3.63) is 45.1 Å². The summed E-state index contributed by atoms with van der Waals surface area (Å²) in [4.78, 5) is 13.3. The first-order valence-electron chi connectivity index (χ1n) is 6.34. The van der Waals surface area contributed by atoms with Crippen molar-refractivity contribution >= 4 is 44.7 Å². The van der Waals surface area contributed by atoms with Crippen LogP contribution in [0.3, 0.4) is 0 Å². The maximum Gasteiger partial charge on any atom is 0.321 e. The van der Waals surface area contributed by atoms with E-state index in [9.17, 15) is 4.79 Å². The molecule has 1 fully saturated rings. The smallest absolute Gasteiger partial charge is 0.321 e. The molecule has 0 aliphatic carbocycles. The van der Waals surface area contributed by atoms with Crippen LogP contribution < -0.4 is 15.5 Å².